The summed E-state index contributed by atoms with van der Waals surface area (Å²) in [7, 11) is 0. The van der Waals surface area contributed by atoms with Crippen molar-refractivity contribution in [2.75, 3.05) is 26.2 Å². The van der Waals surface area contributed by atoms with E-state index < -0.39 is 0 Å². The van der Waals surface area contributed by atoms with Crippen LogP contribution in [-0.2, 0) is 6.42 Å². The highest BCUT2D eigenvalue weighted by atomic mass is 16.5. The molecule has 2 heterocycles. The zero-order valence-corrected chi connectivity index (χ0v) is 22.3. The van der Waals surface area contributed by atoms with Crippen molar-refractivity contribution < 1.29 is 9.84 Å². The van der Waals surface area contributed by atoms with Gasteiger partial charge in [-0.25, -0.2) is 0 Å². The van der Waals surface area contributed by atoms with Gasteiger partial charge in [0.25, 0.3) is 0 Å². The van der Waals surface area contributed by atoms with Crippen LogP contribution >= 0.6 is 0 Å². The normalized spacial score (nSPS) is 19.5. The molecule has 3 aromatic rings. The Kier molecular flexibility index (Phi) is 9.18. The van der Waals surface area contributed by atoms with Crippen LogP contribution in [0.25, 0.3) is 0 Å². The van der Waals surface area contributed by atoms with Crippen molar-refractivity contribution in [3.05, 3.63) is 95.1 Å². The van der Waals surface area contributed by atoms with Gasteiger partial charge in [-0.1, -0.05) is 92.8 Å². The van der Waals surface area contributed by atoms with E-state index in [9.17, 15) is 5.11 Å². The van der Waals surface area contributed by atoms with Crippen molar-refractivity contribution in [3.8, 4) is 11.5 Å². The van der Waals surface area contributed by atoms with Gasteiger partial charge in [0.2, 0.25) is 0 Å². The molecule has 5 rings (SSSR count). The van der Waals surface area contributed by atoms with E-state index >= 15 is 0 Å². The largest absolute Gasteiger partial charge is 0.508 e. The Hall–Kier alpha value is -2.78. The number of benzene rings is 3. The first-order valence-electron chi connectivity index (χ1n) is 14.6. The minimum absolute atomic E-state index is 0.214. The zero-order chi connectivity index (χ0) is 25.3. The molecule has 0 saturated carbocycles. The topological polar surface area (TPSA) is 32.7 Å². The van der Waals surface area contributed by atoms with Gasteiger partial charge in [0.15, 0.2) is 0 Å². The van der Waals surface area contributed by atoms with Gasteiger partial charge < -0.3 is 14.7 Å². The third-order valence-corrected chi connectivity index (χ3v) is 8.36. The van der Waals surface area contributed by atoms with Crippen LogP contribution in [0.1, 0.15) is 91.9 Å². The fourth-order valence-electron chi connectivity index (χ4n) is 6.24. The molecular formula is C34H43NO2. The lowest BCUT2D eigenvalue weighted by molar-refractivity contribution is 0.248. The number of ether oxygens (including phenoxy) is 1. The van der Waals surface area contributed by atoms with Gasteiger partial charge >= 0.3 is 0 Å². The van der Waals surface area contributed by atoms with Gasteiger partial charge in [-0.05, 0) is 74.5 Å². The first-order chi connectivity index (χ1) is 18.3. The SMILES string of the molecule is Oc1ccc2c(c1)OCC(c1ccccc1)C2c1ccc(CCCCCCCCCN2CCCC2)cc1. The molecule has 1 N–H and O–H groups in total. The maximum atomic E-state index is 10.00. The smallest absolute Gasteiger partial charge is 0.126 e. The summed E-state index contributed by atoms with van der Waals surface area (Å²) in [5.74, 6) is 1.52. The number of fused-ring (bicyclic) bond motifs is 1. The number of nitrogens with zero attached hydrogens (tertiary/aromatic N) is 1. The van der Waals surface area contributed by atoms with Crippen molar-refractivity contribution >= 4 is 0 Å². The number of rotatable bonds is 12. The maximum absolute atomic E-state index is 10.00. The van der Waals surface area contributed by atoms with Gasteiger partial charge in [-0.3, -0.25) is 0 Å². The van der Waals surface area contributed by atoms with Crippen LogP contribution in [0.2, 0.25) is 0 Å². The molecule has 2 unspecified atom stereocenters. The van der Waals surface area contributed by atoms with Crippen LogP contribution in [-0.4, -0.2) is 36.2 Å². The molecule has 3 aromatic carbocycles. The number of aryl methyl sites for hydroxylation is 1. The molecule has 196 valence electrons. The van der Waals surface area contributed by atoms with Crippen molar-refractivity contribution in [2.45, 2.75) is 76.0 Å². The molecule has 1 saturated heterocycles. The summed E-state index contributed by atoms with van der Waals surface area (Å²) in [6, 6.07) is 25.5. The summed E-state index contributed by atoms with van der Waals surface area (Å²) < 4.78 is 6.11. The Morgan fingerprint density at radius 3 is 2.19 bits per heavy atom. The summed E-state index contributed by atoms with van der Waals surface area (Å²) >= 11 is 0. The lowest BCUT2D eigenvalue weighted by Crippen LogP contribution is -2.25. The molecule has 2 atom stereocenters. The summed E-state index contributed by atoms with van der Waals surface area (Å²) in [6.07, 6.45) is 13.5. The molecule has 0 aliphatic carbocycles. The molecule has 3 nitrogen and oxygen atoms in total. The van der Waals surface area contributed by atoms with Gasteiger partial charge in [-0.2, -0.15) is 0 Å². The van der Waals surface area contributed by atoms with E-state index in [1.165, 1.54) is 94.1 Å². The van der Waals surface area contributed by atoms with Gasteiger partial charge in [-0.15, -0.1) is 0 Å². The van der Waals surface area contributed by atoms with Crippen molar-refractivity contribution in [1.29, 1.82) is 0 Å². The monoisotopic (exact) mass is 497 g/mol. The second-order valence-electron chi connectivity index (χ2n) is 11.0. The molecule has 3 heteroatoms. The van der Waals surface area contributed by atoms with E-state index in [0.717, 1.165) is 17.7 Å². The highest BCUT2D eigenvalue weighted by Gasteiger charge is 2.33. The van der Waals surface area contributed by atoms with E-state index in [2.05, 4.69) is 59.5 Å². The molecule has 2 aliphatic heterocycles. The van der Waals surface area contributed by atoms with Gasteiger partial charge in [0, 0.05) is 23.5 Å². The second kappa shape index (κ2) is 13.1. The molecule has 2 aliphatic rings. The summed E-state index contributed by atoms with van der Waals surface area (Å²) in [5, 5.41) is 10.00. The first kappa shape index (κ1) is 25.9. The number of aromatic hydroxyl groups is 1. The quantitative estimate of drug-likeness (QED) is 0.257. The Morgan fingerprint density at radius 2 is 1.43 bits per heavy atom. The van der Waals surface area contributed by atoms with Crippen molar-refractivity contribution in [1.82, 2.24) is 4.90 Å². The molecule has 0 bridgehead atoms. The molecule has 0 radical (unpaired) electrons. The standard InChI is InChI=1S/C34H43NO2/c36-30-20-21-31-33(25-30)37-26-32(28-14-8-6-9-15-28)34(31)29-18-16-27(17-19-29)13-7-4-2-1-3-5-10-22-35-23-11-12-24-35/h6,8-9,14-21,25,32,34,36H,1-5,7,10-13,22-24,26H2. The molecular weight excluding hydrogens is 454 g/mol. The van der Waals surface area contributed by atoms with E-state index in [0.29, 0.717) is 6.61 Å². The van der Waals surface area contributed by atoms with E-state index in [1.807, 2.05) is 6.07 Å². The number of phenols is 1. The minimum atomic E-state index is 0.214. The zero-order valence-electron chi connectivity index (χ0n) is 22.3. The van der Waals surface area contributed by atoms with E-state index in [4.69, 9.17) is 4.74 Å². The predicted molar refractivity (Wildman–Crippen MR) is 153 cm³/mol. The number of unbranched alkanes of at least 4 members (excludes halogenated alkanes) is 6. The fraction of sp³-hybridized carbons (Fsp3) is 0.471. The summed E-state index contributed by atoms with van der Waals surface area (Å²) in [5.41, 5.74) is 5.21. The molecule has 0 spiro atoms. The third kappa shape index (κ3) is 6.96. The van der Waals surface area contributed by atoms with Crippen LogP contribution < -0.4 is 4.74 Å². The van der Waals surface area contributed by atoms with E-state index in [1.54, 1.807) is 12.1 Å². The van der Waals surface area contributed by atoms with Gasteiger partial charge in [0.1, 0.15) is 11.5 Å². The van der Waals surface area contributed by atoms with Crippen molar-refractivity contribution in [3.63, 3.8) is 0 Å². The maximum Gasteiger partial charge on any atom is 0.126 e. The molecule has 1 fully saturated rings. The second-order valence-corrected chi connectivity index (χ2v) is 11.0. The van der Waals surface area contributed by atoms with Crippen molar-refractivity contribution in [2.24, 2.45) is 0 Å². The van der Waals surface area contributed by atoms with Crippen LogP contribution in [0.15, 0.2) is 72.8 Å². The highest BCUT2D eigenvalue weighted by molar-refractivity contribution is 5.50. The number of phenolic OH excluding ortho intramolecular Hbond substituents is 1. The Labute approximate surface area is 223 Å². The number of likely N-dealkylation sites (tertiary alicyclic amines) is 1. The Morgan fingerprint density at radius 1 is 0.730 bits per heavy atom. The van der Waals surface area contributed by atoms with E-state index in [-0.39, 0.29) is 17.6 Å². The van der Waals surface area contributed by atoms with Crippen LogP contribution in [0.4, 0.5) is 0 Å². The average Bonchev–Trinajstić information content (AvgIpc) is 3.46. The first-order valence-corrected chi connectivity index (χ1v) is 14.6. The fourth-order valence-corrected chi connectivity index (χ4v) is 6.24. The highest BCUT2D eigenvalue weighted by Crippen LogP contribution is 2.46. The Bertz CT molecular complexity index is 1090. The average molecular weight is 498 g/mol. The number of hydrogen-bond acceptors (Lipinski definition) is 3. The Balaban J connectivity index is 1.12. The lowest BCUT2D eigenvalue weighted by atomic mass is 9.75. The predicted octanol–water partition coefficient (Wildman–Crippen LogP) is 8.07. The van der Waals surface area contributed by atoms with Gasteiger partial charge in [0.05, 0.1) is 6.61 Å². The number of hydrogen-bond donors (Lipinski definition) is 1. The molecule has 0 aromatic heterocycles. The summed E-state index contributed by atoms with van der Waals surface area (Å²) in [6.45, 7) is 4.61. The molecule has 37 heavy (non-hydrogen) atoms. The summed E-state index contributed by atoms with van der Waals surface area (Å²) in [4.78, 5) is 2.64. The van der Waals surface area contributed by atoms with Crippen LogP contribution in [0.5, 0.6) is 11.5 Å². The van der Waals surface area contributed by atoms with Crippen LogP contribution in [0, 0.1) is 0 Å². The molecule has 0 amide bonds. The van der Waals surface area contributed by atoms with Crippen LogP contribution in [0.3, 0.4) is 0 Å². The third-order valence-electron chi connectivity index (χ3n) is 8.36. The lowest BCUT2D eigenvalue weighted by Gasteiger charge is -2.34. The minimum Gasteiger partial charge on any atom is -0.508 e.